The van der Waals surface area contributed by atoms with E-state index < -0.39 is 18.3 Å². The van der Waals surface area contributed by atoms with Crippen molar-refractivity contribution < 1.29 is 19.5 Å². The maximum absolute atomic E-state index is 13.4. The largest absolute Gasteiger partial charge is 0.465 e. The fraction of sp³-hybridized carbons (Fsp3) is 0.650. The van der Waals surface area contributed by atoms with Crippen molar-refractivity contribution in [3.05, 3.63) is 22.4 Å². The molecule has 3 amide bonds. The summed E-state index contributed by atoms with van der Waals surface area (Å²) in [5, 5.41) is 11.7. The molecule has 2 saturated heterocycles. The molecule has 2 atom stereocenters. The van der Waals surface area contributed by atoms with Gasteiger partial charge >= 0.3 is 6.09 Å². The van der Waals surface area contributed by atoms with Crippen molar-refractivity contribution in [1.29, 1.82) is 0 Å². The third-order valence-electron chi connectivity index (χ3n) is 6.33. The first-order valence-corrected chi connectivity index (χ1v) is 11.1. The Morgan fingerprint density at radius 1 is 1.21 bits per heavy atom. The van der Waals surface area contributed by atoms with Crippen LogP contribution in [0.15, 0.2) is 17.5 Å². The normalized spacial score (nSPS) is 26.5. The lowest BCUT2D eigenvalue weighted by Crippen LogP contribution is -2.72. The number of amides is 3. The summed E-state index contributed by atoms with van der Waals surface area (Å²) in [5.41, 5.74) is 0. The molecule has 28 heavy (non-hydrogen) atoms. The van der Waals surface area contributed by atoms with Crippen molar-refractivity contribution in [3.8, 4) is 0 Å². The molecule has 0 radical (unpaired) electrons. The highest BCUT2D eigenvalue weighted by Gasteiger charge is 2.51. The van der Waals surface area contributed by atoms with Crippen LogP contribution in [0, 0.1) is 5.92 Å². The highest BCUT2D eigenvalue weighted by atomic mass is 32.1. The number of carbonyl (C=O) groups is 3. The molecule has 3 heterocycles. The Kier molecular flexibility index (Phi) is 5.57. The standard InChI is InChI=1S/C20H27N3O4S/c24-17-9-11-22(20(26)27)16-13-21(10-8-15-7-4-12-28-15)19(25)18(23(16)17)14-5-2-1-3-6-14/h4,7,12,14,16,18H,1-3,5-6,8-11,13H2,(H,26,27)/t16-,18+/m1/s1. The van der Waals surface area contributed by atoms with E-state index in [-0.39, 0.29) is 37.2 Å². The summed E-state index contributed by atoms with van der Waals surface area (Å²) in [6, 6.07) is 3.53. The van der Waals surface area contributed by atoms with Crippen LogP contribution in [-0.2, 0) is 16.0 Å². The first-order chi connectivity index (χ1) is 13.6. The summed E-state index contributed by atoms with van der Waals surface area (Å²) in [7, 11) is 0. The van der Waals surface area contributed by atoms with Gasteiger partial charge < -0.3 is 14.9 Å². The predicted molar refractivity (Wildman–Crippen MR) is 105 cm³/mol. The number of thiophene rings is 1. The van der Waals surface area contributed by atoms with E-state index in [9.17, 15) is 19.5 Å². The zero-order valence-electron chi connectivity index (χ0n) is 16.0. The monoisotopic (exact) mass is 405 g/mol. The van der Waals surface area contributed by atoms with Crippen molar-refractivity contribution >= 4 is 29.2 Å². The summed E-state index contributed by atoms with van der Waals surface area (Å²) < 4.78 is 0. The van der Waals surface area contributed by atoms with Gasteiger partial charge in [-0.05, 0) is 36.6 Å². The van der Waals surface area contributed by atoms with E-state index >= 15 is 0 Å². The van der Waals surface area contributed by atoms with Crippen molar-refractivity contribution in [2.24, 2.45) is 5.92 Å². The number of carbonyl (C=O) groups excluding carboxylic acids is 2. The second-order valence-electron chi connectivity index (χ2n) is 7.96. The molecule has 0 bridgehead atoms. The van der Waals surface area contributed by atoms with E-state index in [1.54, 1.807) is 21.1 Å². The Labute approximate surface area is 168 Å². The minimum Gasteiger partial charge on any atom is -0.465 e. The Balaban J connectivity index is 1.61. The Morgan fingerprint density at radius 2 is 2.00 bits per heavy atom. The molecule has 1 aromatic rings. The van der Waals surface area contributed by atoms with E-state index in [4.69, 9.17) is 0 Å². The molecule has 4 rings (SSSR count). The van der Waals surface area contributed by atoms with Gasteiger partial charge in [-0.3, -0.25) is 14.5 Å². The third kappa shape index (κ3) is 3.62. The molecule has 1 aromatic heterocycles. The molecule has 8 heteroatoms. The first-order valence-electron chi connectivity index (χ1n) is 10.2. The number of piperazine rings is 1. The molecule has 1 N–H and O–H groups in total. The molecule has 0 aromatic carbocycles. The van der Waals surface area contributed by atoms with Crippen LogP contribution in [0.2, 0.25) is 0 Å². The quantitative estimate of drug-likeness (QED) is 0.835. The zero-order valence-corrected chi connectivity index (χ0v) is 16.8. The summed E-state index contributed by atoms with van der Waals surface area (Å²) in [6.45, 7) is 1.04. The molecule has 3 aliphatic rings. The van der Waals surface area contributed by atoms with Gasteiger partial charge in [-0.2, -0.15) is 0 Å². The molecule has 1 saturated carbocycles. The van der Waals surface area contributed by atoms with E-state index in [0.717, 1.165) is 38.5 Å². The van der Waals surface area contributed by atoms with Gasteiger partial charge in [0.25, 0.3) is 0 Å². The average molecular weight is 406 g/mol. The van der Waals surface area contributed by atoms with Crippen molar-refractivity contribution in [3.63, 3.8) is 0 Å². The highest BCUT2D eigenvalue weighted by Crippen LogP contribution is 2.35. The summed E-state index contributed by atoms with van der Waals surface area (Å²) in [6.07, 6.45) is 4.50. The molecule has 0 unspecified atom stereocenters. The lowest BCUT2D eigenvalue weighted by molar-refractivity contribution is -0.171. The average Bonchev–Trinajstić information content (AvgIpc) is 3.21. The number of hydrogen-bond acceptors (Lipinski definition) is 4. The summed E-state index contributed by atoms with van der Waals surface area (Å²) >= 11 is 1.66. The molecule has 152 valence electrons. The molecular formula is C20H27N3O4S. The SMILES string of the molecule is O=C1[C@H](C2CCCCC2)N2C(=O)CCN(C(=O)O)[C@H]2CN1CCc1cccs1. The molecular weight excluding hydrogens is 378 g/mol. The Bertz CT molecular complexity index is 732. The van der Waals surface area contributed by atoms with E-state index in [2.05, 4.69) is 6.07 Å². The second kappa shape index (κ2) is 8.11. The minimum atomic E-state index is -1.02. The van der Waals surface area contributed by atoms with Gasteiger partial charge in [0, 0.05) is 24.4 Å². The molecule has 7 nitrogen and oxygen atoms in total. The van der Waals surface area contributed by atoms with Gasteiger partial charge in [-0.1, -0.05) is 25.3 Å². The van der Waals surface area contributed by atoms with E-state index in [0.29, 0.717) is 6.54 Å². The second-order valence-corrected chi connectivity index (χ2v) is 9.00. The Morgan fingerprint density at radius 3 is 2.68 bits per heavy atom. The topological polar surface area (TPSA) is 81.2 Å². The minimum absolute atomic E-state index is 0.000273. The van der Waals surface area contributed by atoms with Gasteiger partial charge in [0.15, 0.2) is 0 Å². The van der Waals surface area contributed by atoms with Crippen LogP contribution in [0.4, 0.5) is 4.79 Å². The van der Waals surface area contributed by atoms with Gasteiger partial charge in [0.1, 0.15) is 12.2 Å². The van der Waals surface area contributed by atoms with Crippen molar-refractivity contribution in [1.82, 2.24) is 14.7 Å². The van der Waals surface area contributed by atoms with Crippen LogP contribution in [0.3, 0.4) is 0 Å². The Hall–Kier alpha value is -2.09. The molecule has 1 aliphatic carbocycles. The number of fused-ring (bicyclic) bond motifs is 1. The lowest BCUT2D eigenvalue weighted by atomic mass is 9.81. The van der Waals surface area contributed by atoms with Crippen LogP contribution < -0.4 is 0 Å². The van der Waals surface area contributed by atoms with E-state index in [1.165, 1.54) is 9.78 Å². The van der Waals surface area contributed by atoms with Crippen LogP contribution in [0.1, 0.15) is 43.4 Å². The van der Waals surface area contributed by atoms with Gasteiger partial charge in [-0.25, -0.2) is 4.79 Å². The predicted octanol–water partition coefficient (Wildman–Crippen LogP) is 2.62. The summed E-state index contributed by atoms with van der Waals surface area (Å²) in [5.74, 6) is 0.0515. The van der Waals surface area contributed by atoms with Crippen molar-refractivity contribution in [2.75, 3.05) is 19.6 Å². The molecule has 3 fully saturated rings. The van der Waals surface area contributed by atoms with Crippen LogP contribution in [-0.4, -0.2) is 69.6 Å². The fourth-order valence-corrected chi connectivity index (χ4v) is 5.63. The zero-order chi connectivity index (χ0) is 19.7. The van der Waals surface area contributed by atoms with Crippen LogP contribution in [0.5, 0.6) is 0 Å². The van der Waals surface area contributed by atoms with Crippen LogP contribution in [0.25, 0.3) is 0 Å². The van der Waals surface area contributed by atoms with Gasteiger partial charge in [0.05, 0.1) is 6.54 Å². The molecule has 2 aliphatic heterocycles. The number of rotatable bonds is 4. The number of carboxylic acid groups (broad SMARTS) is 1. The maximum Gasteiger partial charge on any atom is 0.409 e. The third-order valence-corrected chi connectivity index (χ3v) is 7.27. The summed E-state index contributed by atoms with van der Waals surface area (Å²) in [4.78, 5) is 44.0. The highest BCUT2D eigenvalue weighted by molar-refractivity contribution is 7.09. The number of nitrogens with zero attached hydrogens (tertiary/aromatic N) is 3. The van der Waals surface area contributed by atoms with Gasteiger partial charge in [0.2, 0.25) is 11.8 Å². The van der Waals surface area contributed by atoms with Crippen molar-refractivity contribution in [2.45, 2.75) is 57.2 Å². The number of hydrogen-bond donors (Lipinski definition) is 1. The van der Waals surface area contributed by atoms with Gasteiger partial charge in [-0.15, -0.1) is 11.3 Å². The smallest absolute Gasteiger partial charge is 0.409 e. The maximum atomic E-state index is 13.4. The molecule has 0 spiro atoms. The van der Waals surface area contributed by atoms with E-state index in [1.807, 2.05) is 11.4 Å². The fourth-order valence-electron chi connectivity index (χ4n) is 4.93. The van der Waals surface area contributed by atoms with Crippen LogP contribution >= 0.6 is 11.3 Å². The lowest BCUT2D eigenvalue weighted by Gasteiger charge is -2.53. The first kappa shape index (κ1) is 19.2.